The molecule has 1 aromatic heterocycles. The number of amides is 1. The summed E-state index contributed by atoms with van der Waals surface area (Å²) in [5.41, 5.74) is 1.88. The van der Waals surface area contributed by atoms with Gasteiger partial charge in [-0.1, -0.05) is 0 Å². The van der Waals surface area contributed by atoms with Crippen LogP contribution in [-0.4, -0.2) is 43.7 Å². The van der Waals surface area contributed by atoms with E-state index in [2.05, 4.69) is 0 Å². The zero-order chi connectivity index (χ0) is 13.1. The summed E-state index contributed by atoms with van der Waals surface area (Å²) in [6, 6.07) is 0. The maximum absolute atomic E-state index is 11.9. The summed E-state index contributed by atoms with van der Waals surface area (Å²) < 4.78 is 10.7. The molecule has 0 spiro atoms. The highest BCUT2D eigenvalue weighted by molar-refractivity contribution is 7.10. The maximum Gasteiger partial charge on any atom is 0.252 e. The molecule has 1 N–H and O–H groups in total. The maximum atomic E-state index is 11.9. The van der Waals surface area contributed by atoms with E-state index in [-0.39, 0.29) is 5.91 Å². The van der Waals surface area contributed by atoms with Crippen LogP contribution in [0.1, 0.15) is 10.4 Å². The Kier molecular flexibility index (Phi) is 4.34. The summed E-state index contributed by atoms with van der Waals surface area (Å²) in [5.74, 6) is -0.335. The van der Waals surface area contributed by atoms with Crippen molar-refractivity contribution in [3.63, 3.8) is 0 Å². The number of hydrogen-bond acceptors (Lipinski definition) is 5. The fraction of sp³-hybridized carbons (Fsp3) is 0.583. The van der Waals surface area contributed by atoms with Crippen LogP contribution >= 0.6 is 11.3 Å². The fourth-order valence-electron chi connectivity index (χ4n) is 2.03. The Morgan fingerprint density at radius 2 is 2.17 bits per heavy atom. The molecular weight excluding hydrogens is 254 g/mol. The van der Waals surface area contributed by atoms with Crippen molar-refractivity contribution in [1.82, 2.24) is 0 Å². The quantitative estimate of drug-likeness (QED) is 0.889. The van der Waals surface area contributed by atoms with Crippen molar-refractivity contribution in [2.75, 3.05) is 31.3 Å². The van der Waals surface area contributed by atoms with Crippen LogP contribution in [0, 0.1) is 13.8 Å². The molecule has 5 nitrogen and oxygen atoms in total. The summed E-state index contributed by atoms with van der Waals surface area (Å²) in [5, 5.41) is 11.1. The van der Waals surface area contributed by atoms with Gasteiger partial charge in [0.25, 0.3) is 5.91 Å². The van der Waals surface area contributed by atoms with Crippen molar-refractivity contribution >= 4 is 22.9 Å². The molecule has 1 fully saturated rings. The zero-order valence-electron chi connectivity index (χ0n) is 10.5. The number of carbonyl (C=O) groups excluding carboxylic acids is 1. The van der Waals surface area contributed by atoms with Crippen LogP contribution in [0.2, 0.25) is 0 Å². The van der Waals surface area contributed by atoms with Gasteiger partial charge in [0.2, 0.25) is 0 Å². The lowest BCUT2D eigenvalue weighted by Gasteiger charge is -2.25. The molecule has 0 saturated carbocycles. The lowest BCUT2D eigenvalue weighted by Crippen LogP contribution is -2.40. The molecular formula is C12H17NO4S. The number of aliphatic hydroxyl groups excluding tert-OH is 1. The van der Waals surface area contributed by atoms with Crippen LogP contribution in [-0.2, 0) is 14.3 Å². The molecule has 1 saturated heterocycles. The van der Waals surface area contributed by atoms with Crippen LogP contribution in [0.5, 0.6) is 0 Å². The summed E-state index contributed by atoms with van der Waals surface area (Å²) in [6.07, 6.45) is -0.404. The number of hydrogen-bond donors (Lipinski definition) is 1. The summed E-state index contributed by atoms with van der Waals surface area (Å²) in [4.78, 5) is 14.5. The minimum atomic E-state index is -0.512. The number of aryl methyl sites for hydroxylation is 2. The molecule has 100 valence electrons. The highest BCUT2D eigenvalue weighted by atomic mass is 32.1. The van der Waals surface area contributed by atoms with Gasteiger partial charge >= 0.3 is 0 Å². The Bertz CT molecular complexity index is 406. The van der Waals surface area contributed by atoms with Gasteiger partial charge in [0.1, 0.15) is 6.61 Å². The highest BCUT2D eigenvalue weighted by Crippen LogP contribution is 2.31. The zero-order valence-corrected chi connectivity index (χ0v) is 11.3. The van der Waals surface area contributed by atoms with Crippen LogP contribution in [0.15, 0.2) is 5.38 Å². The normalized spacial score (nSPS) is 16.2. The number of ether oxygens (including phenoxy) is 2. The minimum Gasteiger partial charge on any atom is -0.387 e. The molecule has 0 radical (unpaired) electrons. The second-order valence-electron chi connectivity index (χ2n) is 4.16. The Morgan fingerprint density at radius 3 is 2.67 bits per heavy atom. The van der Waals surface area contributed by atoms with Gasteiger partial charge in [-0.2, -0.15) is 0 Å². The van der Waals surface area contributed by atoms with Crippen molar-refractivity contribution in [2.45, 2.75) is 20.1 Å². The summed E-state index contributed by atoms with van der Waals surface area (Å²) >= 11 is 1.59. The van der Waals surface area contributed by atoms with Crippen LogP contribution in [0.4, 0.5) is 5.69 Å². The number of aliphatic hydroxyl groups is 1. The van der Waals surface area contributed by atoms with Gasteiger partial charge < -0.3 is 19.5 Å². The van der Waals surface area contributed by atoms with E-state index in [1.165, 1.54) is 0 Å². The van der Waals surface area contributed by atoms with E-state index in [0.29, 0.717) is 19.8 Å². The van der Waals surface area contributed by atoms with Crippen LogP contribution in [0.3, 0.4) is 0 Å². The lowest BCUT2D eigenvalue weighted by molar-refractivity contribution is -0.122. The van der Waals surface area contributed by atoms with Gasteiger partial charge in [-0.25, -0.2) is 0 Å². The van der Waals surface area contributed by atoms with Crippen molar-refractivity contribution in [2.24, 2.45) is 0 Å². The Hall–Kier alpha value is -0.950. The van der Waals surface area contributed by atoms with Gasteiger partial charge in [0.15, 0.2) is 6.29 Å². The largest absolute Gasteiger partial charge is 0.387 e. The number of anilines is 1. The Morgan fingerprint density at radius 1 is 1.50 bits per heavy atom. The molecule has 6 heteroatoms. The summed E-state index contributed by atoms with van der Waals surface area (Å²) in [6.45, 7) is 4.81. The molecule has 0 aliphatic carbocycles. The van der Waals surface area contributed by atoms with Gasteiger partial charge in [0, 0.05) is 4.88 Å². The molecule has 2 heterocycles. The predicted octanol–water partition coefficient (Wildman–Crippen LogP) is 1.06. The average molecular weight is 271 g/mol. The topological polar surface area (TPSA) is 59.0 Å². The van der Waals surface area contributed by atoms with Gasteiger partial charge in [-0.05, 0) is 24.8 Å². The predicted molar refractivity (Wildman–Crippen MR) is 68.9 cm³/mol. The molecule has 2 rings (SSSR count). The molecule has 0 unspecified atom stereocenters. The third-order valence-corrected chi connectivity index (χ3v) is 3.87. The second-order valence-corrected chi connectivity index (χ2v) is 5.24. The molecule has 18 heavy (non-hydrogen) atoms. The van der Waals surface area contributed by atoms with E-state index < -0.39 is 12.9 Å². The first kappa shape index (κ1) is 13.5. The standard InChI is InChI=1S/C12H17NO4S/c1-8-7-18-9(2)12(8)13(10(15)6-14)5-11-16-3-4-17-11/h7,11,14H,3-6H2,1-2H3. The van der Waals surface area contributed by atoms with E-state index >= 15 is 0 Å². The summed E-state index contributed by atoms with van der Waals surface area (Å²) in [7, 11) is 0. The van der Waals surface area contributed by atoms with E-state index in [1.807, 2.05) is 19.2 Å². The molecule has 1 aromatic rings. The molecule has 0 atom stereocenters. The number of rotatable bonds is 4. The van der Waals surface area contributed by atoms with E-state index in [9.17, 15) is 4.79 Å². The first-order chi connectivity index (χ1) is 8.63. The highest BCUT2D eigenvalue weighted by Gasteiger charge is 2.26. The van der Waals surface area contributed by atoms with Crippen LogP contribution in [0.25, 0.3) is 0 Å². The van der Waals surface area contributed by atoms with Crippen molar-refractivity contribution in [3.8, 4) is 0 Å². The van der Waals surface area contributed by atoms with Gasteiger partial charge in [-0.3, -0.25) is 4.79 Å². The third-order valence-electron chi connectivity index (χ3n) is 2.85. The van der Waals surface area contributed by atoms with Crippen molar-refractivity contribution < 1.29 is 19.4 Å². The molecule has 1 aliphatic rings. The average Bonchev–Trinajstić information content (AvgIpc) is 2.97. The first-order valence-electron chi connectivity index (χ1n) is 5.82. The van der Waals surface area contributed by atoms with E-state index in [0.717, 1.165) is 16.1 Å². The molecule has 0 aromatic carbocycles. The number of nitrogens with zero attached hydrogens (tertiary/aromatic N) is 1. The molecule has 0 bridgehead atoms. The lowest BCUT2D eigenvalue weighted by atomic mass is 10.2. The first-order valence-corrected chi connectivity index (χ1v) is 6.70. The fourth-order valence-corrected chi connectivity index (χ4v) is 2.88. The van der Waals surface area contributed by atoms with Crippen molar-refractivity contribution in [3.05, 3.63) is 15.8 Å². The van der Waals surface area contributed by atoms with Gasteiger partial charge in [0.05, 0.1) is 25.4 Å². The smallest absolute Gasteiger partial charge is 0.252 e. The third kappa shape index (κ3) is 2.72. The SMILES string of the molecule is Cc1csc(C)c1N(CC1OCCO1)C(=O)CO. The second kappa shape index (κ2) is 5.79. The van der Waals surface area contributed by atoms with E-state index in [4.69, 9.17) is 14.6 Å². The molecule has 1 aliphatic heterocycles. The van der Waals surface area contributed by atoms with Crippen LogP contribution < -0.4 is 4.90 Å². The number of carbonyl (C=O) groups is 1. The number of thiophene rings is 1. The van der Waals surface area contributed by atoms with E-state index in [1.54, 1.807) is 16.2 Å². The Balaban J connectivity index is 2.21. The molecule has 1 amide bonds. The monoisotopic (exact) mass is 271 g/mol. The van der Waals surface area contributed by atoms with Gasteiger partial charge in [-0.15, -0.1) is 11.3 Å². The van der Waals surface area contributed by atoms with Crippen molar-refractivity contribution in [1.29, 1.82) is 0 Å². The Labute approximate surface area is 110 Å². The minimum absolute atomic E-state index is 0.317.